The van der Waals surface area contributed by atoms with Crippen LogP contribution in [0.1, 0.15) is 0 Å². The third-order valence-corrected chi connectivity index (χ3v) is 5.89. The molecule has 2 N–H and O–H groups in total. The van der Waals surface area contributed by atoms with Crippen LogP contribution in [0.3, 0.4) is 0 Å². The van der Waals surface area contributed by atoms with E-state index in [0.29, 0.717) is 10.9 Å². The summed E-state index contributed by atoms with van der Waals surface area (Å²) in [4.78, 5) is 0.334. The highest BCUT2D eigenvalue weighted by atomic mass is 32.2. The predicted octanol–water partition coefficient (Wildman–Crippen LogP) is 0.567. The zero-order valence-electron chi connectivity index (χ0n) is 11.1. The second-order valence-corrected chi connectivity index (χ2v) is 7.62. The SMILES string of the molecule is CN(C)S(=O)(=O)c1ccc(NC2C3CNCC32)cc1. The number of hydrogen-bond acceptors (Lipinski definition) is 4. The molecule has 6 heteroatoms. The summed E-state index contributed by atoms with van der Waals surface area (Å²) in [6.07, 6.45) is 0. The van der Waals surface area contributed by atoms with E-state index in [9.17, 15) is 8.42 Å². The molecule has 5 nitrogen and oxygen atoms in total. The minimum absolute atomic E-state index is 0.334. The van der Waals surface area contributed by atoms with Crippen molar-refractivity contribution in [1.29, 1.82) is 0 Å². The molecule has 0 radical (unpaired) electrons. The molecule has 104 valence electrons. The van der Waals surface area contributed by atoms with E-state index in [0.717, 1.165) is 30.6 Å². The molecule has 0 bridgehead atoms. The monoisotopic (exact) mass is 281 g/mol. The molecule has 0 aromatic heterocycles. The van der Waals surface area contributed by atoms with Crippen LogP contribution in [0, 0.1) is 11.8 Å². The van der Waals surface area contributed by atoms with Crippen molar-refractivity contribution in [3.8, 4) is 0 Å². The number of rotatable bonds is 4. The number of piperidine rings is 1. The summed E-state index contributed by atoms with van der Waals surface area (Å²) >= 11 is 0. The van der Waals surface area contributed by atoms with Gasteiger partial charge in [-0.1, -0.05) is 0 Å². The van der Waals surface area contributed by atoms with Crippen molar-refractivity contribution >= 4 is 15.7 Å². The Hall–Kier alpha value is -1.11. The molecular formula is C13H19N3O2S. The largest absolute Gasteiger partial charge is 0.382 e. The summed E-state index contributed by atoms with van der Waals surface area (Å²) in [6, 6.07) is 7.57. The lowest BCUT2D eigenvalue weighted by atomic mass is 10.3. The Kier molecular flexibility index (Phi) is 3.03. The smallest absolute Gasteiger partial charge is 0.242 e. The van der Waals surface area contributed by atoms with Crippen LogP contribution in [-0.2, 0) is 10.0 Å². The molecule has 1 aliphatic carbocycles. The predicted molar refractivity (Wildman–Crippen MR) is 74.6 cm³/mol. The summed E-state index contributed by atoms with van der Waals surface area (Å²) in [5.41, 5.74) is 0.997. The first-order valence-corrected chi connectivity index (χ1v) is 7.94. The third kappa shape index (κ3) is 2.24. The molecule has 19 heavy (non-hydrogen) atoms. The number of nitrogens with zero attached hydrogens (tertiary/aromatic N) is 1. The number of anilines is 1. The topological polar surface area (TPSA) is 61.4 Å². The number of benzene rings is 1. The first-order chi connectivity index (χ1) is 9.00. The molecule has 2 unspecified atom stereocenters. The molecular weight excluding hydrogens is 262 g/mol. The van der Waals surface area contributed by atoms with E-state index in [1.54, 1.807) is 26.2 Å². The van der Waals surface area contributed by atoms with Crippen molar-refractivity contribution in [3.63, 3.8) is 0 Å². The van der Waals surface area contributed by atoms with Gasteiger partial charge in [0.15, 0.2) is 0 Å². The maximum Gasteiger partial charge on any atom is 0.242 e. The van der Waals surface area contributed by atoms with Crippen molar-refractivity contribution in [2.24, 2.45) is 11.8 Å². The first kappa shape index (κ1) is 12.9. The van der Waals surface area contributed by atoms with Crippen molar-refractivity contribution in [2.75, 3.05) is 32.5 Å². The molecule has 2 atom stereocenters. The van der Waals surface area contributed by atoms with Gasteiger partial charge in [-0.05, 0) is 36.1 Å². The Morgan fingerprint density at radius 1 is 1.16 bits per heavy atom. The van der Waals surface area contributed by atoms with Crippen LogP contribution in [0.4, 0.5) is 5.69 Å². The van der Waals surface area contributed by atoms with Gasteiger partial charge in [0.25, 0.3) is 0 Å². The minimum Gasteiger partial charge on any atom is -0.382 e. The molecule has 3 rings (SSSR count). The Balaban J connectivity index is 1.70. The van der Waals surface area contributed by atoms with Crippen LogP contribution in [0.25, 0.3) is 0 Å². The van der Waals surface area contributed by atoms with Gasteiger partial charge < -0.3 is 10.6 Å². The fourth-order valence-electron chi connectivity index (χ4n) is 2.76. The van der Waals surface area contributed by atoms with Gasteiger partial charge in [0.1, 0.15) is 0 Å². The number of fused-ring (bicyclic) bond motifs is 1. The normalized spacial score (nSPS) is 29.3. The maximum absolute atomic E-state index is 11.9. The van der Waals surface area contributed by atoms with E-state index >= 15 is 0 Å². The Morgan fingerprint density at radius 2 is 1.74 bits per heavy atom. The van der Waals surface area contributed by atoms with Crippen LogP contribution < -0.4 is 10.6 Å². The van der Waals surface area contributed by atoms with Gasteiger partial charge in [-0.25, -0.2) is 12.7 Å². The van der Waals surface area contributed by atoms with Gasteiger partial charge in [-0.15, -0.1) is 0 Å². The van der Waals surface area contributed by atoms with E-state index in [4.69, 9.17) is 0 Å². The van der Waals surface area contributed by atoms with Gasteiger partial charge in [-0.3, -0.25) is 0 Å². The fourth-order valence-corrected chi connectivity index (χ4v) is 3.66. The quantitative estimate of drug-likeness (QED) is 0.847. The lowest BCUT2D eigenvalue weighted by molar-refractivity contribution is 0.521. The number of sulfonamides is 1. The molecule has 0 spiro atoms. The lowest BCUT2D eigenvalue weighted by Gasteiger charge is -2.13. The summed E-state index contributed by atoms with van der Waals surface area (Å²) in [5.74, 6) is 1.48. The average Bonchev–Trinajstić information content (AvgIpc) is 2.83. The lowest BCUT2D eigenvalue weighted by Crippen LogP contribution is -2.22. The highest BCUT2D eigenvalue weighted by Crippen LogP contribution is 2.43. The second kappa shape index (κ2) is 4.47. The Bertz CT molecular complexity index is 558. The van der Waals surface area contributed by atoms with Crippen molar-refractivity contribution < 1.29 is 8.42 Å². The van der Waals surface area contributed by atoms with Crippen molar-refractivity contribution in [3.05, 3.63) is 24.3 Å². The zero-order chi connectivity index (χ0) is 13.6. The molecule has 1 heterocycles. The van der Waals surface area contributed by atoms with Gasteiger partial charge in [0.2, 0.25) is 10.0 Å². The molecule has 1 aromatic carbocycles. The van der Waals surface area contributed by atoms with Gasteiger partial charge in [0.05, 0.1) is 4.90 Å². The highest BCUT2D eigenvalue weighted by molar-refractivity contribution is 7.89. The van der Waals surface area contributed by atoms with Crippen molar-refractivity contribution in [1.82, 2.24) is 9.62 Å². The van der Waals surface area contributed by atoms with E-state index in [-0.39, 0.29) is 0 Å². The molecule has 2 aliphatic rings. The first-order valence-electron chi connectivity index (χ1n) is 6.50. The Morgan fingerprint density at radius 3 is 2.26 bits per heavy atom. The highest BCUT2D eigenvalue weighted by Gasteiger charge is 2.52. The van der Waals surface area contributed by atoms with Crippen LogP contribution in [0.5, 0.6) is 0 Å². The Labute approximate surface area is 114 Å². The molecule has 1 aromatic rings. The van der Waals surface area contributed by atoms with Crippen LogP contribution in [-0.4, -0.2) is 45.9 Å². The molecule has 2 fully saturated rings. The van der Waals surface area contributed by atoms with Crippen LogP contribution >= 0.6 is 0 Å². The van der Waals surface area contributed by atoms with E-state index < -0.39 is 10.0 Å². The molecule has 1 aliphatic heterocycles. The molecule has 1 saturated carbocycles. The maximum atomic E-state index is 11.9. The van der Waals surface area contributed by atoms with Crippen molar-refractivity contribution in [2.45, 2.75) is 10.9 Å². The van der Waals surface area contributed by atoms with E-state index in [1.165, 1.54) is 4.31 Å². The summed E-state index contributed by atoms with van der Waals surface area (Å²) < 4.78 is 25.1. The minimum atomic E-state index is -3.33. The van der Waals surface area contributed by atoms with Crippen LogP contribution in [0.2, 0.25) is 0 Å². The summed E-state index contributed by atoms with van der Waals surface area (Å²) in [7, 11) is -0.243. The number of nitrogens with one attached hydrogen (secondary N) is 2. The second-order valence-electron chi connectivity index (χ2n) is 5.47. The van der Waals surface area contributed by atoms with Gasteiger partial charge in [-0.2, -0.15) is 0 Å². The third-order valence-electron chi connectivity index (χ3n) is 4.06. The fraction of sp³-hybridized carbons (Fsp3) is 0.538. The molecule has 0 amide bonds. The average molecular weight is 281 g/mol. The molecule has 1 saturated heterocycles. The standard InChI is InChI=1S/C13H19N3O2S/c1-16(2)19(17,18)10-5-3-9(4-6-10)15-13-11-7-14-8-12(11)13/h3-6,11-15H,7-8H2,1-2H3. The van der Waals surface area contributed by atoms with Gasteiger partial charge >= 0.3 is 0 Å². The summed E-state index contributed by atoms with van der Waals surface area (Å²) in [6.45, 7) is 2.19. The summed E-state index contributed by atoms with van der Waals surface area (Å²) in [5, 5.41) is 6.83. The van der Waals surface area contributed by atoms with Gasteiger partial charge in [0, 0.05) is 38.9 Å². The number of hydrogen-bond donors (Lipinski definition) is 2. The van der Waals surface area contributed by atoms with E-state index in [1.807, 2.05) is 12.1 Å². The zero-order valence-corrected chi connectivity index (χ0v) is 11.9. The van der Waals surface area contributed by atoms with E-state index in [2.05, 4.69) is 10.6 Å². The van der Waals surface area contributed by atoms with Crippen LogP contribution in [0.15, 0.2) is 29.2 Å².